The van der Waals surface area contributed by atoms with Crippen molar-refractivity contribution in [2.75, 3.05) is 18.6 Å². The molecule has 194 valence electrons. The number of carbonyl (C=O) groups is 4. The van der Waals surface area contributed by atoms with Gasteiger partial charge in [-0.1, -0.05) is 12.1 Å². The molecule has 0 aliphatic carbocycles. The fourth-order valence-corrected chi connectivity index (χ4v) is 4.14. The van der Waals surface area contributed by atoms with Gasteiger partial charge in [0.25, 0.3) is 0 Å². The Hall–Kier alpha value is -2.83. The zero-order valence-corrected chi connectivity index (χ0v) is 20.6. The second-order valence-electron chi connectivity index (χ2n) is 8.49. The highest BCUT2D eigenvalue weighted by Crippen LogP contribution is 2.13. The van der Waals surface area contributed by atoms with Gasteiger partial charge in [0.2, 0.25) is 17.7 Å². The molecule has 1 aromatic rings. The first-order valence-electron chi connectivity index (χ1n) is 11.4. The van der Waals surface area contributed by atoms with Crippen molar-refractivity contribution in [3.8, 4) is 5.75 Å². The number of hydrogen-bond acceptors (Lipinski definition) is 8. The van der Waals surface area contributed by atoms with Crippen LogP contribution in [0, 0.1) is 0 Å². The maximum atomic E-state index is 13.0. The summed E-state index contributed by atoms with van der Waals surface area (Å²) in [5, 5.41) is 39.7. The van der Waals surface area contributed by atoms with Gasteiger partial charge in [-0.15, -0.1) is 0 Å². The molecule has 1 saturated heterocycles. The summed E-state index contributed by atoms with van der Waals surface area (Å²) in [4.78, 5) is 50.2. The van der Waals surface area contributed by atoms with Crippen LogP contribution in [0.2, 0.25) is 0 Å². The third-order valence-electron chi connectivity index (χ3n) is 5.67. The average Bonchev–Trinajstić information content (AvgIpc) is 3.35. The quantitative estimate of drug-likeness (QED) is 0.182. The largest absolute Gasteiger partial charge is 0.508 e. The number of nitrogens with one attached hydrogen (secondary N) is 4. The Morgan fingerprint density at radius 3 is 2.29 bits per heavy atom. The Kier molecular flexibility index (Phi) is 11.3. The summed E-state index contributed by atoms with van der Waals surface area (Å²) in [5.41, 5.74) is 0.604. The summed E-state index contributed by atoms with van der Waals surface area (Å²) in [7, 11) is 0. The third-order valence-corrected chi connectivity index (χ3v) is 6.32. The Balaban J connectivity index is 2.18. The van der Waals surface area contributed by atoms with Crippen LogP contribution in [-0.2, 0) is 25.6 Å². The smallest absolute Gasteiger partial charge is 0.326 e. The molecule has 0 radical (unpaired) electrons. The van der Waals surface area contributed by atoms with Gasteiger partial charge in [-0.25, -0.2) is 4.79 Å². The molecule has 5 atom stereocenters. The average molecular weight is 511 g/mol. The van der Waals surface area contributed by atoms with Gasteiger partial charge < -0.3 is 36.6 Å². The Morgan fingerprint density at radius 2 is 1.74 bits per heavy atom. The van der Waals surface area contributed by atoms with Crippen molar-refractivity contribution in [2.45, 2.75) is 62.9 Å². The highest BCUT2D eigenvalue weighted by molar-refractivity contribution is 7.98. The van der Waals surface area contributed by atoms with Crippen LogP contribution in [0.15, 0.2) is 24.3 Å². The number of aliphatic hydroxyl groups is 1. The molecule has 0 saturated carbocycles. The number of aromatic hydroxyl groups is 1. The van der Waals surface area contributed by atoms with E-state index in [1.54, 1.807) is 12.1 Å². The number of hydrogen-bond donors (Lipinski definition) is 7. The van der Waals surface area contributed by atoms with Gasteiger partial charge in [-0.2, -0.15) is 11.8 Å². The molecular formula is C23H34N4O7S. The number of carboxylic acid groups (broad SMARTS) is 1. The van der Waals surface area contributed by atoms with Crippen molar-refractivity contribution in [3.05, 3.63) is 29.8 Å². The molecule has 2 rings (SSSR count). The molecule has 1 aliphatic heterocycles. The zero-order chi connectivity index (χ0) is 26.0. The first-order chi connectivity index (χ1) is 16.6. The van der Waals surface area contributed by atoms with Crippen LogP contribution in [0.25, 0.3) is 0 Å². The lowest BCUT2D eigenvalue weighted by atomic mass is 10.0. The summed E-state index contributed by atoms with van der Waals surface area (Å²) in [6, 6.07) is 1.89. The molecule has 1 aromatic carbocycles. The molecule has 3 amide bonds. The van der Waals surface area contributed by atoms with Crippen LogP contribution < -0.4 is 21.3 Å². The van der Waals surface area contributed by atoms with Crippen molar-refractivity contribution >= 4 is 35.5 Å². The highest BCUT2D eigenvalue weighted by atomic mass is 32.2. The molecule has 0 bridgehead atoms. The Morgan fingerprint density at radius 1 is 1.09 bits per heavy atom. The Labute approximate surface area is 208 Å². The van der Waals surface area contributed by atoms with Gasteiger partial charge >= 0.3 is 5.97 Å². The van der Waals surface area contributed by atoms with E-state index in [1.165, 1.54) is 30.8 Å². The number of phenols is 1. The topological polar surface area (TPSA) is 177 Å². The van der Waals surface area contributed by atoms with Gasteiger partial charge in [0.05, 0.1) is 12.1 Å². The second kappa shape index (κ2) is 13.9. The van der Waals surface area contributed by atoms with Crippen LogP contribution in [0.4, 0.5) is 0 Å². The molecule has 5 unspecified atom stereocenters. The Bertz CT molecular complexity index is 875. The van der Waals surface area contributed by atoms with E-state index in [9.17, 15) is 34.5 Å². The monoisotopic (exact) mass is 510 g/mol. The molecule has 0 spiro atoms. The van der Waals surface area contributed by atoms with Gasteiger partial charge in [0.1, 0.15) is 23.9 Å². The summed E-state index contributed by atoms with van der Waals surface area (Å²) in [5.74, 6) is -2.57. The van der Waals surface area contributed by atoms with E-state index >= 15 is 0 Å². The molecule has 7 N–H and O–H groups in total. The van der Waals surface area contributed by atoms with Crippen LogP contribution in [-0.4, -0.2) is 87.8 Å². The standard InChI is InChI=1S/C23H34N4O7S/c1-13(28)19(27-20(30)16-4-3-10-24-16)22(32)26-18(12-14-5-7-15(29)8-6-14)21(31)25-17(23(33)34)9-11-35-2/h5-8,13,16-19,24,28-29H,3-4,9-12H2,1-2H3,(H,25,31)(H,26,32)(H,27,30)(H,33,34). The molecular weight excluding hydrogens is 476 g/mol. The minimum absolute atomic E-state index is 0.00260. The van der Waals surface area contributed by atoms with E-state index < -0.39 is 54.0 Å². The van der Waals surface area contributed by atoms with E-state index in [-0.39, 0.29) is 18.6 Å². The van der Waals surface area contributed by atoms with Crippen molar-refractivity contribution < 1.29 is 34.5 Å². The van der Waals surface area contributed by atoms with Gasteiger partial charge in [-0.3, -0.25) is 14.4 Å². The van der Waals surface area contributed by atoms with Crippen molar-refractivity contribution in [1.82, 2.24) is 21.3 Å². The van der Waals surface area contributed by atoms with E-state index in [0.29, 0.717) is 24.3 Å². The number of aliphatic hydroxyl groups excluding tert-OH is 1. The normalized spacial score (nSPS) is 18.7. The molecule has 0 aromatic heterocycles. The maximum Gasteiger partial charge on any atom is 0.326 e. The minimum Gasteiger partial charge on any atom is -0.508 e. The predicted octanol–water partition coefficient (Wildman–Crippen LogP) is -0.640. The van der Waals surface area contributed by atoms with Crippen molar-refractivity contribution in [2.24, 2.45) is 0 Å². The van der Waals surface area contributed by atoms with Gasteiger partial charge in [0.15, 0.2) is 0 Å². The molecule has 1 aliphatic rings. The van der Waals surface area contributed by atoms with Crippen LogP contribution in [0.5, 0.6) is 5.75 Å². The molecule has 1 fully saturated rings. The SMILES string of the molecule is CSCCC(NC(=O)C(Cc1ccc(O)cc1)NC(=O)C(NC(=O)C1CCCN1)C(C)O)C(=O)O. The number of thioether (sulfide) groups is 1. The summed E-state index contributed by atoms with van der Waals surface area (Å²) in [6.45, 7) is 2.03. The van der Waals surface area contributed by atoms with E-state index in [1.807, 2.05) is 6.26 Å². The zero-order valence-electron chi connectivity index (χ0n) is 19.8. The molecule has 35 heavy (non-hydrogen) atoms. The van der Waals surface area contributed by atoms with Gasteiger partial charge in [-0.05, 0) is 62.4 Å². The first kappa shape index (κ1) is 28.4. The summed E-state index contributed by atoms with van der Waals surface area (Å²) in [6.07, 6.45) is 2.20. The van der Waals surface area contributed by atoms with Crippen LogP contribution in [0.1, 0.15) is 31.7 Å². The van der Waals surface area contributed by atoms with Crippen molar-refractivity contribution in [3.63, 3.8) is 0 Å². The van der Waals surface area contributed by atoms with Crippen LogP contribution >= 0.6 is 11.8 Å². The van der Waals surface area contributed by atoms with Gasteiger partial charge in [0, 0.05) is 6.42 Å². The highest BCUT2D eigenvalue weighted by Gasteiger charge is 2.33. The fourth-order valence-electron chi connectivity index (χ4n) is 3.67. The number of rotatable bonds is 13. The number of benzene rings is 1. The molecule has 1 heterocycles. The van der Waals surface area contributed by atoms with E-state index in [0.717, 1.165) is 6.42 Å². The summed E-state index contributed by atoms with van der Waals surface area (Å²) >= 11 is 1.44. The lowest BCUT2D eigenvalue weighted by Gasteiger charge is -2.26. The third kappa shape index (κ3) is 9.04. The number of carboxylic acids is 1. The number of phenolic OH excluding ortho intramolecular Hbond substituents is 1. The van der Waals surface area contributed by atoms with Crippen molar-refractivity contribution in [1.29, 1.82) is 0 Å². The molecule has 11 nitrogen and oxygen atoms in total. The lowest BCUT2D eigenvalue weighted by molar-refractivity contribution is -0.142. The summed E-state index contributed by atoms with van der Waals surface area (Å²) < 4.78 is 0. The number of carbonyl (C=O) groups excluding carboxylic acids is 3. The van der Waals surface area contributed by atoms with Crippen LogP contribution in [0.3, 0.4) is 0 Å². The predicted molar refractivity (Wildman–Crippen MR) is 131 cm³/mol. The second-order valence-corrected chi connectivity index (χ2v) is 9.47. The lowest BCUT2D eigenvalue weighted by Crippen LogP contribution is -2.60. The number of aliphatic carboxylic acids is 1. The molecule has 12 heteroatoms. The first-order valence-corrected chi connectivity index (χ1v) is 12.8. The van der Waals surface area contributed by atoms with E-state index in [4.69, 9.17) is 0 Å². The maximum absolute atomic E-state index is 13.0. The fraction of sp³-hybridized carbons (Fsp3) is 0.565. The number of amides is 3. The van der Waals surface area contributed by atoms with E-state index in [2.05, 4.69) is 21.3 Å². The minimum atomic E-state index is -1.31.